The summed E-state index contributed by atoms with van der Waals surface area (Å²) in [7, 11) is -3.45. The highest BCUT2D eigenvalue weighted by atomic mass is 32.2. The Hall–Kier alpha value is -2.17. The maximum Gasteiger partial charge on any atom is 0.243 e. The van der Waals surface area contributed by atoms with Gasteiger partial charge in [-0.2, -0.15) is 4.31 Å². The summed E-state index contributed by atoms with van der Waals surface area (Å²) in [6, 6.07) is 17.1. The van der Waals surface area contributed by atoms with E-state index in [2.05, 4.69) is 18.7 Å². The quantitative estimate of drug-likeness (QED) is 0.753. The Bertz CT molecular complexity index is 868. The van der Waals surface area contributed by atoms with Gasteiger partial charge in [-0.1, -0.05) is 72.3 Å². The van der Waals surface area contributed by atoms with Gasteiger partial charge in [0.2, 0.25) is 10.0 Å². The topological polar surface area (TPSA) is 37.4 Å². The van der Waals surface area contributed by atoms with Crippen LogP contribution in [0, 0.1) is 12.8 Å². The molecule has 1 aliphatic rings. The van der Waals surface area contributed by atoms with E-state index >= 15 is 0 Å². The third-order valence-corrected chi connectivity index (χ3v) is 6.40. The SMILES string of the molecule is C=C1CN(S(=O)(=O)c2ccc(C)cc2)CC1C/C=C\c1ccccc1. The molecule has 0 N–H and O–H groups in total. The van der Waals surface area contributed by atoms with Crippen LogP contribution < -0.4 is 0 Å². The van der Waals surface area contributed by atoms with Gasteiger partial charge in [0.1, 0.15) is 0 Å². The summed E-state index contributed by atoms with van der Waals surface area (Å²) in [5.74, 6) is 0.167. The average molecular weight is 353 g/mol. The zero-order valence-electron chi connectivity index (χ0n) is 14.4. The predicted molar refractivity (Wildman–Crippen MR) is 103 cm³/mol. The van der Waals surface area contributed by atoms with Crippen LogP contribution >= 0.6 is 0 Å². The fourth-order valence-corrected chi connectivity index (χ4v) is 4.50. The second kappa shape index (κ2) is 7.38. The van der Waals surface area contributed by atoms with Gasteiger partial charge in [-0.25, -0.2) is 8.42 Å². The first kappa shape index (κ1) is 17.6. The molecule has 130 valence electrons. The van der Waals surface area contributed by atoms with Crippen LogP contribution in [0.15, 0.2) is 77.7 Å². The van der Waals surface area contributed by atoms with Crippen LogP contribution in [0.4, 0.5) is 0 Å². The first-order valence-electron chi connectivity index (χ1n) is 8.43. The molecule has 0 spiro atoms. The van der Waals surface area contributed by atoms with Crippen LogP contribution in [-0.2, 0) is 10.0 Å². The van der Waals surface area contributed by atoms with Gasteiger partial charge >= 0.3 is 0 Å². The van der Waals surface area contributed by atoms with Gasteiger partial charge in [0.25, 0.3) is 0 Å². The third-order valence-electron chi connectivity index (χ3n) is 4.57. The second-order valence-electron chi connectivity index (χ2n) is 6.51. The summed E-state index contributed by atoms with van der Waals surface area (Å²) >= 11 is 0. The van der Waals surface area contributed by atoms with E-state index in [0.29, 0.717) is 18.0 Å². The Labute approximate surface area is 150 Å². The molecule has 1 heterocycles. The van der Waals surface area contributed by atoms with Crippen LogP contribution in [0.5, 0.6) is 0 Å². The summed E-state index contributed by atoms with van der Waals surface area (Å²) in [6.45, 7) is 6.94. The lowest BCUT2D eigenvalue weighted by Gasteiger charge is -2.16. The van der Waals surface area contributed by atoms with Crippen molar-refractivity contribution in [3.05, 3.63) is 84.0 Å². The molecule has 0 aliphatic carbocycles. The van der Waals surface area contributed by atoms with E-state index in [-0.39, 0.29) is 5.92 Å². The molecule has 3 rings (SSSR count). The molecule has 1 unspecified atom stereocenters. The summed E-state index contributed by atoms with van der Waals surface area (Å²) < 4.78 is 27.1. The number of hydrogen-bond acceptors (Lipinski definition) is 2. The van der Waals surface area contributed by atoms with Gasteiger partial charge in [0, 0.05) is 13.1 Å². The number of sulfonamides is 1. The van der Waals surface area contributed by atoms with Crippen molar-refractivity contribution in [1.29, 1.82) is 0 Å². The van der Waals surface area contributed by atoms with E-state index in [1.165, 1.54) is 0 Å². The minimum Gasteiger partial charge on any atom is -0.207 e. The number of rotatable bonds is 5. The molecule has 0 aromatic heterocycles. The lowest BCUT2D eigenvalue weighted by molar-refractivity contribution is 0.458. The van der Waals surface area contributed by atoms with Gasteiger partial charge in [0.05, 0.1) is 4.90 Å². The standard InChI is InChI=1S/C21H23NO2S/c1-17-11-13-21(14-12-17)25(23,24)22-15-18(2)20(16-22)10-6-9-19-7-4-3-5-8-19/h3-9,11-14,20H,2,10,15-16H2,1H3/b9-6-. The molecule has 0 bridgehead atoms. The summed E-state index contributed by atoms with van der Waals surface area (Å²) in [5, 5.41) is 0. The zero-order valence-corrected chi connectivity index (χ0v) is 15.2. The molecule has 1 aliphatic heterocycles. The highest BCUT2D eigenvalue weighted by Crippen LogP contribution is 2.29. The Kier molecular flexibility index (Phi) is 5.21. The van der Waals surface area contributed by atoms with Crippen LogP contribution in [0.2, 0.25) is 0 Å². The molecule has 25 heavy (non-hydrogen) atoms. The van der Waals surface area contributed by atoms with Crippen molar-refractivity contribution in [2.75, 3.05) is 13.1 Å². The molecule has 0 amide bonds. The van der Waals surface area contributed by atoms with Crippen molar-refractivity contribution in [2.45, 2.75) is 18.2 Å². The maximum absolute atomic E-state index is 12.8. The van der Waals surface area contributed by atoms with E-state index in [0.717, 1.165) is 23.1 Å². The van der Waals surface area contributed by atoms with Gasteiger partial charge in [-0.15, -0.1) is 0 Å². The maximum atomic E-state index is 12.8. The van der Waals surface area contributed by atoms with Crippen LogP contribution in [0.25, 0.3) is 6.08 Å². The van der Waals surface area contributed by atoms with Gasteiger partial charge < -0.3 is 0 Å². The van der Waals surface area contributed by atoms with Crippen molar-refractivity contribution in [2.24, 2.45) is 5.92 Å². The second-order valence-corrected chi connectivity index (χ2v) is 8.45. The van der Waals surface area contributed by atoms with E-state index in [9.17, 15) is 8.42 Å². The molecular formula is C21H23NO2S. The number of hydrogen-bond donors (Lipinski definition) is 0. The number of aryl methyl sites for hydroxylation is 1. The van der Waals surface area contributed by atoms with E-state index in [4.69, 9.17) is 0 Å². The molecule has 1 saturated heterocycles. The third kappa shape index (κ3) is 4.09. The van der Waals surface area contributed by atoms with Crippen LogP contribution in [0.3, 0.4) is 0 Å². The minimum absolute atomic E-state index is 0.167. The van der Waals surface area contributed by atoms with Gasteiger partial charge in [-0.05, 0) is 37.0 Å². The number of benzene rings is 2. The Morgan fingerprint density at radius 1 is 1.12 bits per heavy atom. The minimum atomic E-state index is -3.45. The normalized spacial score (nSPS) is 18.9. The molecule has 1 atom stereocenters. The smallest absolute Gasteiger partial charge is 0.207 e. The summed E-state index contributed by atoms with van der Waals surface area (Å²) in [4.78, 5) is 0.353. The van der Waals surface area contributed by atoms with Crippen molar-refractivity contribution in [3.63, 3.8) is 0 Å². The van der Waals surface area contributed by atoms with E-state index < -0.39 is 10.0 Å². The van der Waals surface area contributed by atoms with Gasteiger partial charge in [-0.3, -0.25) is 0 Å². The number of nitrogens with zero attached hydrogens (tertiary/aromatic N) is 1. The van der Waals surface area contributed by atoms with Gasteiger partial charge in [0.15, 0.2) is 0 Å². The first-order chi connectivity index (χ1) is 12.0. The zero-order chi connectivity index (χ0) is 17.9. The van der Waals surface area contributed by atoms with E-state index in [1.54, 1.807) is 16.4 Å². The molecule has 1 fully saturated rings. The first-order valence-corrected chi connectivity index (χ1v) is 9.87. The molecule has 0 radical (unpaired) electrons. The fourth-order valence-electron chi connectivity index (χ4n) is 3.01. The molecule has 3 nitrogen and oxygen atoms in total. The fraction of sp³-hybridized carbons (Fsp3) is 0.238. The summed E-state index contributed by atoms with van der Waals surface area (Å²) in [6.07, 6.45) is 4.98. The predicted octanol–water partition coefficient (Wildman–Crippen LogP) is 4.28. The number of allylic oxidation sites excluding steroid dienone is 1. The molecular weight excluding hydrogens is 330 g/mol. The van der Waals surface area contributed by atoms with Crippen molar-refractivity contribution >= 4 is 16.1 Å². The molecule has 2 aromatic carbocycles. The Morgan fingerprint density at radius 2 is 1.80 bits per heavy atom. The Morgan fingerprint density at radius 3 is 2.48 bits per heavy atom. The van der Waals surface area contributed by atoms with Crippen molar-refractivity contribution < 1.29 is 8.42 Å². The van der Waals surface area contributed by atoms with E-state index in [1.807, 2.05) is 49.4 Å². The highest BCUT2D eigenvalue weighted by molar-refractivity contribution is 7.89. The largest absolute Gasteiger partial charge is 0.243 e. The molecule has 0 saturated carbocycles. The molecule has 4 heteroatoms. The van der Waals surface area contributed by atoms with Crippen LogP contribution in [-0.4, -0.2) is 25.8 Å². The lowest BCUT2D eigenvalue weighted by Crippen LogP contribution is -2.28. The van der Waals surface area contributed by atoms with Crippen molar-refractivity contribution in [1.82, 2.24) is 4.31 Å². The van der Waals surface area contributed by atoms with Crippen LogP contribution in [0.1, 0.15) is 17.5 Å². The molecule has 2 aromatic rings. The average Bonchev–Trinajstić information content (AvgIpc) is 2.98. The van der Waals surface area contributed by atoms with Crippen molar-refractivity contribution in [3.8, 4) is 0 Å². The summed E-state index contributed by atoms with van der Waals surface area (Å²) in [5.41, 5.74) is 3.18. The monoisotopic (exact) mass is 353 g/mol. The lowest BCUT2D eigenvalue weighted by atomic mass is 10.00. The Balaban J connectivity index is 1.67. The highest BCUT2D eigenvalue weighted by Gasteiger charge is 2.34.